The van der Waals surface area contributed by atoms with Gasteiger partial charge in [0.25, 0.3) is 0 Å². The van der Waals surface area contributed by atoms with Crippen LogP contribution in [0.15, 0.2) is 150 Å². The number of anilines is 6. The minimum Gasteiger partial charge on any atom is -0.453 e. The summed E-state index contributed by atoms with van der Waals surface area (Å²) in [5, 5.41) is 8.91. The molecule has 2 aromatic heterocycles. The fourth-order valence-electron chi connectivity index (χ4n) is 8.47. The van der Waals surface area contributed by atoms with E-state index in [9.17, 15) is 0 Å². The second-order valence-corrected chi connectivity index (χ2v) is 15.6. The monoisotopic (exact) mass is 788 g/mol. The van der Waals surface area contributed by atoms with E-state index in [1.807, 2.05) is 36.4 Å². The zero-order valence-electron chi connectivity index (χ0n) is 31.3. The topological polar surface area (TPSA) is 103 Å². The van der Waals surface area contributed by atoms with Gasteiger partial charge in [-0.1, -0.05) is 98.8 Å². The van der Waals surface area contributed by atoms with Gasteiger partial charge in [0.2, 0.25) is 0 Å². The number of fused-ring (bicyclic) bond motifs is 7. The van der Waals surface area contributed by atoms with Crippen LogP contribution in [0.5, 0.6) is 11.5 Å². The van der Waals surface area contributed by atoms with E-state index in [2.05, 4.69) is 159 Å². The molecular weight excluding hydrogens is 757 g/mol. The molecule has 11 heteroatoms. The number of hydrogen-bond donors (Lipinski definition) is 2. The van der Waals surface area contributed by atoms with E-state index in [-0.39, 0.29) is 11.1 Å². The summed E-state index contributed by atoms with van der Waals surface area (Å²) in [7, 11) is 0. The van der Waals surface area contributed by atoms with Crippen molar-refractivity contribution in [2.75, 3.05) is 9.80 Å². The number of nitrogens with zero attached hydrogens (tertiary/aromatic N) is 7. The van der Waals surface area contributed by atoms with Crippen LogP contribution in [0.2, 0.25) is 0 Å². The SMILES string of the molecule is CC1(C)c2ccccc2N(c2ccc(-c3nc4c(nc3-c3ccc(N5c6ccccc6Oc6ccccc65)cc3)C(=NS)C(=N)c3nsnc3-4)cc2)c2ccccc21. The van der Waals surface area contributed by atoms with Crippen molar-refractivity contribution in [1.82, 2.24) is 18.7 Å². The molecule has 3 aliphatic rings. The second kappa shape index (κ2) is 13.1. The molecule has 0 saturated heterocycles. The van der Waals surface area contributed by atoms with Crippen molar-refractivity contribution >= 4 is 70.1 Å². The van der Waals surface area contributed by atoms with Crippen molar-refractivity contribution in [3.8, 4) is 45.4 Å². The van der Waals surface area contributed by atoms with E-state index in [1.165, 1.54) is 11.1 Å². The van der Waals surface area contributed by atoms with E-state index in [0.29, 0.717) is 39.9 Å². The zero-order chi connectivity index (χ0) is 39.1. The number of thiol groups is 1. The lowest BCUT2D eigenvalue weighted by Gasteiger charge is -2.42. The summed E-state index contributed by atoms with van der Waals surface area (Å²) in [6, 6.07) is 50.2. The maximum absolute atomic E-state index is 8.91. The molecule has 4 heterocycles. The zero-order valence-corrected chi connectivity index (χ0v) is 33.0. The van der Waals surface area contributed by atoms with Crippen LogP contribution in [0, 0.1) is 5.41 Å². The van der Waals surface area contributed by atoms with Gasteiger partial charge in [-0.3, -0.25) is 5.41 Å². The molecule has 2 aliphatic heterocycles. The lowest BCUT2D eigenvalue weighted by atomic mass is 9.73. The van der Waals surface area contributed by atoms with Crippen LogP contribution in [-0.4, -0.2) is 30.1 Å². The first kappa shape index (κ1) is 34.3. The van der Waals surface area contributed by atoms with Crippen LogP contribution in [0.25, 0.3) is 33.9 Å². The van der Waals surface area contributed by atoms with Crippen LogP contribution in [-0.2, 0) is 5.41 Å². The molecule has 0 unspecified atom stereocenters. The smallest absolute Gasteiger partial charge is 0.151 e. The molecule has 1 aliphatic carbocycles. The van der Waals surface area contributed by atoms with Crippen molar-refractivity contribution in [3.05, 3.63) is 168 Å². The Bertz CT molecular complexity index is 2920. The van der Waals surface area contributed by atoms with Crippen molar-refractivity contribution in [2.24, 2.45) is 4.40 Å². The average Bonchev–Trinajstić information content (AvgIpc) is 3.77. The first-order valence-corrected chi connectivity index (χ1v) is 20.0. The first-order valence-electron chi connectivity index (χ1n) is 18.8. The lowest BCUT2D eigenvalue weighted by molar-refractivity contribution is 0.477. The number of rotatable bonds is 4. The van der Waals surface area contributed by atoms with Gasteiger partial charge in [-0.25, -0.2) is 14.4 Å². The largest absolute Gasteiger partial charge is 0.453 e. The van der Waals surface area contributed by atoms with Crippen molar-refractivity contribution in [2.45, 2.75) is 19.3 Å². The van der Waals surface area contributed by atoms with Crippen LogP contribution in [0.3, 0.4) is 0 Å². The van der Waals surface area contributed by atoms with Crippen LogP contribution < -0.4 is 14.5 Å². The minimum atomic E-state index is -0.156. The summed E-state index contributed by atoms with van der Waals surface area (Å²) in [4.78, 5) is 15.1. The molecule has 58 heavy (non-hydrogen) atoms. The predicted molar refractivity (Wildman–Crippen MR) is 236 cm³/mol. The summed E-state index contributed by atoms with van der Waals surface area (Å²) in [6.45, 7) is 4.59. The summed E-state index contributed by atoms with van der Waals surface area (Å²) in [5.74, 6) is 1.57. The fraction of sp³-hybridized carbons (Fsp3) is 0.0638. The molecule has 8 aromatic rings. The highest BCUT2D eigenvalue weighted by Gasteiger charge is 2.37. The first-order chi connectivity index (χ1) is 28.4. The normalized spacial score (nSPS) is 15.1. The Morgan fingerprint density at radius 1 is 0.534 bits per heavy atom. The highest BCUT2D eigenvalue weighted by molar-refractivity contribution is 7.79. The number of ether oxygens (including phenoxy) is 1. The number of nitrogens with one attached hydrogen (secondary N) is 1. The maximum atomic E-state index is 8.91. The van der Waals surface area contributed by atoms with Crippen LogP contribution in [0.4, 0.5) is 34.1 Å². The van der Waals surface area contributed by atoms with Gasteiger partial charge >= 0.3 is 0 Å². The standard InChI is InChI=1S/C47H32N8OS2/c1-47(2)31-11-3-5-13-33(31)54(34-14-6-4-12-32(34)47)29-23-19-28(20-24-29)41-40(49-44-42(51-57)39(48)43-46(45(44)50-41)53-58-52-43)27-21-25-30(26-22-27)55-35-15-7-9-17-37(35)56-38-18-10-8-16-36(38)55/h3-26,48,57H,1-2H3. The Morgan fingerprint density at radius 2 is 0.983 bits per heavy atom. The summed E-state index contributed by atoms with van der Waals surface area (Å²) >= 11 is 5.32. The van der Waals surface area contributed by atoms with Crippen LogP contribution >= 0.6 is 24.5 Å². The van der Waals surface area contributed by atoms with Crippen LogP contribution in [0.1, 0.15) is 36.4 Å². The van der Waals surface area contributed by atoms with Gasteiger partial charge in [-0.15, -0.1) is 0 Å². The molecule has 11 rings (SSSR count). The molecule has 1 N–H and O–H groups in total. The highest BCUT2D eigenvalue weighted by Crippen LogP contribution is 2.53. The van der Waals surface area contributed by atoms with Gasteiger partial charge in [-0.2, -0.15) is 8.75 Å². The molecule has 0 fully saturated rings. The number of benzene rings is 6. The third kappa shape index (κ3) is 5.10. The van der Waals surface area contributed by atoms with E-state index in [4.69, 9.17) is 20.1 Å². The predicted octanol–water partition coefficient (Wildman–Crippen LogP) is 12.0. The van der Waals surface area contributed by atoms with E-state index in [1.54, 1.807) is 0 Å². The number of aromatic nitrogens is 4. The second-order valence-electron chi connectivity index (χ2n) is 14.9. The molecule has 0 bridgehead atoms. The van der Waals surface area contributed by atoms with E-state index in [0.717, 1.165) is 68.5 Å². The van der Waals surface area contributed by atoms with Crippen molar-refractivity contribution in [3.63, 3.8) is 0 Å². The van der Waals surface area contributed by atoms with Crippen molar-refractivity contribution < 1.29 is 4.74 Å². The fourth-order valence-corrected chi connectivity index (χ4v) is 9.22. The Balaban J connectivity index is 1.06. The van der Waals surface area contributed by atoms with E-state index >= 15 is 0 Å². The Labute approximate surface area is 344 Å². The summed E-state index contributed by atoms with van der Waals surface area (Å²) < 4.78 is 19.5. The van der Waals surface area contributed by atoms with E-state index < -0.39 is 0 Å². The van der Waals surface area contributed by atoms with Gasteiger partial charge < -0.3 is 14.5 Å². The molecular formula is C47H32N8OS2. The quantitative estimate of drug-likeness (QED) is 0.171. The molecule has 0 radical (unpaired) electrons. The minimum absolute atomic E-state index is 0.119. The highest BCUT2D eigenvalue weighted by atomic mass is 32.1. The molecule has 0 atom stereocenters. The Kier molecular flexibility index (Phi) is 7.72. The molecule has 6 aromatic carbocycles. The van der Waals surface area contributed by atoms with Gasteiger partial charge in [0.15, 0.2) is 11.5 Å². The summed E-state index contributed by atoms with van der Waals surface area (Å²) in [5.41, 5.74) is 14.0. The van der Waals surface area contributed by atoms with Crippen molar-refractivity contribution in [1.29, 1.82) is 5.41 Å². The number of hydrogen-bond acceptors (Lipinski definition) is 11. The van der Waals surface area contributed by atoms with Gasteiger partial charge in [0.1, 0.15) is 34.2 Å². The third-order valence-corrected chi connectivity index (χ3v) is 12.0. The molecule has 0 saturated carbocycles. The Hall–Kier alpha value is -6.95. The van der Waals surface area contributed by atoms with Gasteiger partial charge in [0, 0.05) is 27.9 Å². The molecule has 278 valence electrons. The molecule has 9 nitrogen and oxygen atoms in total. The van der Waals surface area contributed by atoms with Gasteiger partial charge in [-0.05, 0) is 84.6 Å². The molecule has 0 spiro atoms. The molecule has 0 amide bonds. The maximum Gasteiger partial charge on any atom is 0.151 e. The number of para-hydroxylation sites is 6. The third-order valence-electron chi connectivity index (χ3n) is 11.3. The Morgan fingerprint density at radius 3 is 1.52 bits per heavy atom. The van der Waals surface area contributed by atoms with Gasteiger partial charge in [0.05, 0.1) is 45.9 Å². The summed E-state index contributed by atoms with van der Waals surface area (Å²) in [6.07, 6.45) is 0. The average molecular weight is 789 g/mol. The lowest BCUT2D eigenvalue weighted by Crippen LogP contribution is -2.30.